The molecule has 0 fully saturated rings. The van der Waals surface area contributed by atoms with Crippen molar-refractivity contribution in [1.82, 2.24) is 4.90 Å². The van der Waals surface area contributed by atoms with E-state index in [0.717, 1.165) is 39.0 Å². The molecule has 5 nitrogen and oxygen atoms in total. The summed E-state index contributed by atoms with van der Waals surface area (Å²) in [7, 11) is 8.45. The number of quaternary nitrogens is 2. The molecular formula is C18H31F3N4OS+2. The normalized spacial score (nSPS) is 11.7. The minimum Gasteiger partial charge on any atom is -0.406 e. The Balaban J connectivity index is 2.64. The van der Waals surface area contributed by atoms with Crippen LogP contribution in [0.1, 0.15) is 12.8 Å². The van der Waals surface area contributed by atoms with Crippen LogP contribution in [-0.2, 0) is 0 Å². The summed E-state index contributed by atoms with van der Waals surface area (Å²) in [5.74, 6) is -0.251. The monoisotopic (exact) mass is 408 g/mol. The first-order chi connectivity index (χ1) is 12.6. The van der Waals surface area contributed by atoms with Gasteiger partial charge in [0, 0.05) is 31.6 Å². The first-order valence-electron chi connectivity index (χ1n) is 9.06. The quantitative estimate of drug-likeness (QED) is 0.497. The Morgan fingerprint density at radius 2 is 1.48 bits per heavy atom. The Morgan fingerprint density at radius 3 is 1.89 bits per heavy atom. The Kier molecular flexibility index (Phi) is 9.82. The largest absolute Gasteiger partial charge is 0.573 e. The van der Waals surface area contributed by atoms with Gasteiger partial charge in [0.2, 0.25) is 0 Å². The second-order valence-electron chi connectivity index (χ2n) is 7.11. The molecule has 0 aliphatic carbocycles. The fraction of sp³-hybridized carbons (Fsp3) is 0.611. The molecule has 0 saturated heterocycles. The van der Waals surface area contributed by atoms with Crippen molar-refractivity contribution in [2.75, 3.05) is 59.7 Å². The van der Waals surface area contributed by atoms with Crippen LogP contribution < -0.4 is 19.9 Å². The van der Waals surface area contributed by atoms with E-state index in [1.165, 1.54) is 34.1 Å². The molecule has 0 aromatic heterocycles. The number of benzene rings is 1. The van der Waals surface area contributed by atoms with Gasteiger partial charge in [-0.05, 0) is 36.5 Å². The molecule has 27 heavy (non-hydrogen) atoms. The zero-order valence-corrected chi connectivity index (χ0v) is 17.3. The van der Waals surface area contributed by atoms with Crippen molar-refractivity contribution in [1.29, 1.82) is 0 Å². The Hall–Kier alpha value is -1.58. The fourth-order valence-electron chi connectivity index (χ4n) is 2.50. The molecular weight excluding hydrogens is 377 g/mol. The van der Waals surface area contributed by atoms with Crippen LogP contribution in [0, 0.1) is 0 Å². The Morgan fingerprint density at radius 1 is 1.00 bits per heavy atom. The van der Waals surface area contributed by atoms with E-state index in [0.29, 0.717) is 10.8 Å². The van der Waals surface area contributed by atoms with Crippen molar-refractivity contribution in [3.05, 3.63) is 24.3 Å². The molecule has 1 aromatic carbocycles. The molecule has 9 heteroatoms. The van der Waals surface area contributed by atoms with Gasteiger partial charge < -0.3 is 24.8 Å². The summed E-state index contributed by atoms with van der Waals surface area (Å²) in [6.45, 7) is 3.77. The number of thiocarbonyl (C=S) groups is 1. The lowest BCUT2D eigenvalue weighted by atomic mass is 10.3. The highest BCUT2D eigenvalue weighted by atomic mass is 32.1. The number of nitrogens with one attached hydrogen (secondary N) is 3. The smallest absolute Gasteiger partial charge is 0.406 e. The van der Waals surface area contributed by atoms with Gasteiger partial charge in [0.1, 0.15) is 5.75 Å². The highest BCUT2D eigenvalue weighted by Crippen LogP contribution is 2.24. The number of hydrogen-bond donors (Lipinski definition) is 3. The molecule has 0 bridgehead atoms. The predicted octanol–water partition coefficient (Wildman–Crippen LogP) is 0.653. The number of ether oxygens (including phenoxy) is 1. The summed E-state index contributed by atoms with van der Waals surface area (Å²) in [6.07, 6.45) is -2.67. The van der Waals surface area contributed by atoms with Gasteiger partial charge in [0.05, 0.1) is 41.3 Å². The zero-order chi connectivity index (χ0) is 20.4. The summed E-state index contributed by atoms with van der Waals surface area (Å²) >= 11 is 5.53. The van der Waals surface area contributed by atoms with Gasteiger partial charge in [-0.25, -0.2) is 0 Å². The lowest BCUT2D eigenvalue weighted by Crippen LogP contribution is -3.05. The van der Waals surface area contributed by atoms with Crippen LogP contribution >= 0.6 is 12.2 Å². The second kappa shape index (κ2) is 11.3. The minimum atomic E-state index is -4.69. The third-order valence-electron chi connectivity index (χ3n) is 3.84. The van der Waals surface area contributed by atoms with E-state index < -0.39 is 6.36 Å². The summed E-state index contributed by atoms with van der Waals surface area (Å²) in [4.78, 5) is 4.89. The number of halogens is 3. The molecule has 0 atom stereocenters. The number of alkyl halides is 3. The van der Waals surface area contributed by atoms with Crippen LogP contribution in [-0.4, -0.2) is 70.7 Å². The maximum absolute atomic E-state index is 12.2. The maximum atomic E-state index is 12.2. The lowest BCUT2D eigenvalue weighted by molar-refractivity contribution is -0.858. The topological polar surface area (TPSA) is 33.4 Å². The summed E-state index contributed by atoms with van der Waals surface area (Å²) in [6, 6.07) is 5.60. The molecule has 0 amide bonds. The van der Waals surface area contributed by atoms with Gasteiger partial charge >= 0.3 is 6.36 Å². The van der Waals surface area contributed by atoms with Crippen molar-refractivity contribution in [3.63, 3.8) is 0 Å². The number of hydrogen-bond acceptors (Lipinski definition) is 2. The Bertz CT molecular complexity index is 551. The van der Waals surface area contributed by atoms with Crippen molar-refractivity contribution < 1.29 is 27.7 Å². The molecule has 0 aliphatic heterocycles. The number of nitrogens with zero attached hydrogens (tertiary/aromatic N) is 1. The van der Waals surface area contributed by atoms with Crippen LogP contribution in [0.2, 0.25) is 0 Å². The number of rotatable bonds is 10. The molecule has 154 valence electrons. The number of anilines is 1. The highest BCUT2D eigenvalue weighted by molar-refractivity contribution is 7.80. The van der Waals surface area contributed by atoms with Crippen molar-refractivity contribution in [2.24, 2.45) is 0 Å². The molecule has 1 aromatic rings. The molecule has 0 radical (unpaired) electrons. The molecule has 3 N–H and O–H groups in total. The molecule has 1 rings (SSSR count). The standard InChI is InChI=1S/C18H29F3N4OS/c1-23(2)11-5-13-25(14-6-12-24(3)4)17(27)22-15-7-9-16(10-8-15)26-18(19,20)21/h7-10H,5-6,11-14H2,1-4H3,(H,22,27)/p+2. The van der Waals surface area contributed by atoms with Gasteiger partial charge in [-0.3, -0.25) is 0 Å². The minimum absolute atomic E-state index is 0.251. The first-order valence-corrected chi connectivity index (χ1v) is 9.47. The molecule has 0 aliphatic rings. The molecule has 0 saturated carbocycles. The van der Waals surface area contributed by atoms with Crippen LogP contribution in [0.4, 0.5) is 18.9 Å². The molecule has 0 spiro atoms. The van der Waals surface area contributed by atoms with Gasteiger partial charge in [0.25, 0.3) is 0 Å². The maximum Gasteiger partial charge on any atom is 0.573 e. The van der Waals surface area contributed by atoms with Crippen molar-refractivity contribution in [3.8, 4) is 5.75 Å². The average Bonchev–Trinajstić information content (AvgIpc) is 2.53. The van der Waals surface area contributed by atoms with E-state index in [1.54, 1.807) is 0 Å². The van der Waals surface area contributed by atoms with Gasteiger partial charge in [-0.2, -0.15) is 0 Å². The average molecular weight is 409 g/mol. The van der Waals surface area contributed by atoms with Crippen LogP contribution in [0.3, 0.4) is 0 Å². The summed E-state index contributed by atoms with van der Waals surface area (Å²) in [5.41, 5.74) is 0.635. The SMILES string of the molecule is C[NH+](C)CCCN(CCC[NH+](C)C)C(=S)Nc1ccc(OC(F)(F)F)cc1. The third-order valence-corrected chi connectivity index (χ3v) is 4.20. The van der Waals surface area contributed by atoms with E-state index in [1.807, 2.05) is 0 Å². The first kappa shape index (κ1) is 23.5. The second-order valence-corrected chi connectivity index (χ2v) is 7.50. The predicted molar refractivity (Wildman–Crippen MR) is 106 cm³/mol. The zero-order valence-electron chi connectivity index (χ0n) is 16.4. The summed E-state index contributed by atoms with van der Waals surface area (Å²) in [5, 5.41) is 3.70. The van der Waals surface area contributed by atoms with E-state index in [4.69, 9.17) is 12.2 Å². The highest BCUT2D eigenvalue weighted by Gasteiger charge is 2.30. The van der Waals surface area contributed by atoms with Crippen LogP contribution in [0.15, 0.2) is 24.3 Å². The van der Waals surface area contributed by atoms with Crippen LogP contribution in [0.25, 0.3) is 0 Å². The van der Waals surface area contributed by atoms with Gasteiger partial charge in [0.15, 0.2) is 5.11 Å². The van der Waals surface area contributed by atoms with Crippen molar-refractivity contribution >= 4 is 23.0 Å². The summed E-state index contributed by atoms with van der Waals surface area (Å²) < 4.78 is 40.6. The van der Waals surface area contributed by atoms with E-state index in [2.05, 4.69) is 43.1 Å². The molecule has 0 unspecified atom stereocenters. The van der Waals surface area contributed by atoms with E-state index >= 15 is 0 Å². The van der Waals surface area contributed by atoms with Crippen LogP contribution in [0.5, 0.6) is 5.75 Å². The molecule has 0 heterocycles. The van der Waals surface area contributed by atoms with Gasteiger partial charge in [-0.1, -0.05) is 0 Å². The lowest BCUT2D eigenvalue weighted by Gasteiger charge is -2.26. The van der Waals surface area contributed by atoms with Crippen molar-refractivity contribution in [2.45, 2.75) is 19.2 Å². The van der Waals surface area contributed by atoms with E-state index in [9.17, 15) is 13.2 Å². The third kappa shape index (κ3) is 11.0. The Labute approximate surface area is 165 Å². The van der Waals surface area contributed by atoms with E-state index in [-0.39, 0.29) is 5.75 Å². The fourth-order valence-corrected chi connectivity index (χ4v) is 2.80. The van der Waals surface area contributed by atoms with Gasteiger partial charge in [-0.15, -0.1) is 13.2 Å².